The third kappa shape index (κ3) is 6.11. The number of nitrogens with zero attached hydrogens (tertiary/aromatic N) is 5. The number of ether oxygens (including phenoxy) is 2. The van der Waals surface area contributed by atoms with Crippen LogP contribution in [0.2, 0.25) is 0 Å². The lowest BCUT2D eigenvalue weighted by atomic mass is 10.2. The molecule has 12 heteroatoms. The van der Waals surface area contributed by atoms with E-state index in [9.17, 15) is 18.0 Å². The van der Waals surface area contributed by atoms with Gasteiger partial charge < -0.3 is 9.47 Å². The summed E-state index contributed by atoms with van der Waals surface area (Å²) in [5.74, 6) is -1.20. The maximum absolute atomic E-state index is 13.0. The average molecular weight is 466 g/mol. The molecule has 0 N–H and O–H groups in total. The van der Waals surface area contributed by atoms with Gasteiger partial charge in [0.05, 0.1) is 31.4 Å². The van der Waals surface area contributed by atoms with Gasteiger partial charge in [-0.15, -0.1) is 5.10 Å². The summed E-state index contributed by atoms with van der Waals surface area (Å²) in [5.41, 5.74) is 1.33. The van der Waals surface area contributed by atoms with Crippen LogP contribution in [0.1, 0.15) is 18.2 Å². The van der Waals surface area contributed by atoms with Gasteiger partial charge in [-0.25, -0.2) is 13.1 Å². The molecular weight excluding hydrogens is 438 g/mol. The molecule has 1 aromatic heterocycles. The standard InChI is InChI=1S/C20H27N5O6S/c1-3-31-19(26)15-24-13-17(21-22-24)12-23-9-10-32(28,29)25(18(14-23)20(27)30-2)11-16-7-5-4-6-8-16/h4-8,13,18H,3,9-12,14-15H2,1-2H3. The summed E-state index contributed by atoms with van der Waals surface area (Å²) in [5, 5.41) is 7.97. The van der Waals surface area contributed by atoms with E-state index < -0.39 is 28.0 Å². The largest absolute Gasteiger partial charge is 0.468 e. The Morgan fingerprint density at radius 1 is 1.19 bits per heavy atom. The van der Waals surface area contributed by atoms with E-state index in [0.717, 1.165) is 5.56 Å². The van der Waals surface area contributed by atoms with Crippen molar-refractivity contribution >= 4 is 22.0 Å². The number of aromatic nitrogens is 3. The van der Waals surface area contributed by atoms with Gasteiger partial charge in [-0.3, -0.25) is 14.5 Å². The smallest absolute Gasteiger partial charge is 0.327 e. The second kappa shape index (κ2) is 10.7. The van der Waals surface area contributed by atoms with Crippen LogP contribution in [0.5, 0.6) is 0 Å². The number of carbonyl (C=O) groups excluding carboxylic acids is 2. The van der Waals surface area contributed by atoms with E-state index in [0.29, 0.717) is 5.69 Å². The average Bonchev–Trinajstić information content (AvgIpc) is 3.16. The van der Waals surface area contributed by atoms with Crippen molar-refractivity contribution in [2.75, 3.05) is 32.6 Å². The Morgan fingerprint density at radius 3 is 2.62 bits per heavy atom. The van der Waals surface area contributed by atoms with Gasteiger partial charge in [0.25, 0.3) is 0 Å². The molecule has 0 saturated carbocycles. The number of rotatable bonds is 8. The molecule has 11 nitrogen and oxygen atoms in total. The van der Waals surface area contributed by atoms with Crippen molar-refractivity contribution < 1.29 is 27.5 Å². The quantitative estimate of drug-likeness (QED) is 0.497. The fourth-order valence-corrected chi connectivity index (χ4v) is 5.09. The van der Waals surface area contributed by atoms with Crippen LogP contribution in [-0.2, 0) is 48.7 Å². The first kappa shape index (κ1) is 23.8. The number of hydrogen-bond donors (Lipinski definition) is 0. The van der Waals surface area contributed by atoms with E-state index in [1.807, 2.05) is 35.2 Å². The van der Waals surface area contributed by atoms with E-state index in [2.05, 4.69) is 10.3 Å². The van der Waals surface area contributed by atoms with E-state index >= 15 is 0 Å². The molecule has 2 aromatic rings. The minimum absolute atomic E-state index is 0.0646. The van der Waals surface area contributed by atoms with Crippen molar-refractivity contribution in [3.05, 3.63) is 47.8 Å². The van der Waals surface area contributed by atoms with Gasteiger partial charge in [0.1, 0.15) is 12.6 Å². The topological polar surface area (TPSA) is 124 Å². The molecule has 3 rings (SSSR count). The van der Waals surface area contributed by atoms with E-state index in [4.69, 9.17) is 9.47 Å². The predicted octanol–water partition coefficient (Wildman–Crippen LogP) is 0.0304. The second-order valence-electron chi connectivity index (χ2n) is 7.33. The molecule has 1 atom stereocenters. The highest BCUT2D eigenvalue weighted by molar-refractivity contribution is 7.89. The predicted molar refractivity (Wildman–Crippen MR) is 114 cm³/mol. The van der Waals surface area contributed by atoms with Crippen LogP contribution >= 0.6 is 0 Å². The lowest BCUT2D eigenvalue weighted by molar-refractivity contribution is -0.146. The van der Waals surface area contributed by atoms with Crippen LogP contribution in [0.25, 0.3) is 0 Å². The summed E-state index contributed by atoms with van der Waals surface area (Å²) >= 11 is 0. The molecule has 1 aromatic carbocycles. The minimum atomic E-state index is -3.72. The summed E-state index contributed by atoms with van der Waals surface area (Å²) in [7, 11) is -2.47. The normalized spacial score (nSPS) is 19.2. The molecule has 0 aliphatic carbocycles. The molecule has 1 aliphatic heterocycles. The Hall–Kier alpha value is -2.83. The van der Waals surface area contributed by atoms with Gasteiger partial charge in [0, 0.05) is 26.2 Å². The van der Waals surface area contributed by atoms with Crippen LogP contribution in [0.4, 0.5) is 0 Å². The summed E-state index contributed by atoms with van der Waals surface area (Å²) in [6.07, 6.45) is 1.60. The monoisotopic (exact) mass is 465 g/mol. The van der Waals surface area contributed by atoms with Gasteiger partial charge in [-0.05, 0) is 12.5 Å². The van der Waals surface area contributed by atoms with Crippen molar-refractivity contribution in [3.63, 3.8) is 0 Å². The molecule has 1 aliphatic rings. The zero-order valence-corrected chi connectivity index (χ0v) is 18.9. The third-order valence-corrected chi connectivity index (χ3v) is 6.82. The lowest BCUT2D eigenvalue weighted by Gasteiger charge is -2.28. The molecule has 174 valence electrons. The third-order valence-electron chi connectivity index (χ3n) is 5.02. The molecular formula is C20H27N5O6S. The Morgan fingerprint density at radius 2 is 1.94 bits per heavy atom. The van der Waals surface area contributed by atoms with E-state index in [1.165, 1.54) is 16.1 Å². The SMILES string of the molecule is CCOC(=O)Cn1cc(CN2CCS(=O)(=O)N(Cc3ccccc3)C(C(=O)OC)C2)nn1. The molecule has 0 spiro atoms. The van der Waals surface area contributed by atoms with Crippen LogP contribution < -0.4 is 0 Å². The molecule has 1 saturated heterocycles. The first-order valence-electron chi connectivity index (χ1n) is 10.2. The molecule has 0 radical (unpaired) electrons. The molecule has 1 fully saturated rings. The molecule has 0 bridgehead atoms. The van der Waals surface area contributed by atoms with Crippen LogP contribution in [-0.4, -0.2) is 83.2 Å². The zero-order valence-electron chi connectivity index (χ0n) is 18.1. The number of esters is 2. The number of carbonyl (C=O) groups is 2. The highest BCUT2D eigenvalue weighted by Crippen LogP contribution is 2.20. The first-order chi connectivity index (χ1) is 15.3. The summed E-state index contributed by atoms with van der Waals surface area (Å²) in [4.78, 5) is 26.0. The maximum atomic E-state index is 13.0. The Bertz CT molecular complexity index is 1030. The second-order valence-corrected chi connectivity index (χ2v) is 9.37. The zero-order chi connectivity index (χ0) is 23.1. The summed E-state index contributed by atoms with van der Waals surface area (Å²) in [6, 6.07) is 8.11. The highest BCUT2D eigenvalue weighted by atomic mass is 32.2. The Balaban J connectivity index is 1.77. The van der Waals surface area contributed by atoms with Crippen LogP contribution in [0, 0.1) is 0 Å². The van der Waals surface area contributed by atoms with Crippen molar-refractivity contribution in [2.45, 2.75) is 32.6 Å². The highest BCUT2D eigenvalue weighted by Gasteiger charge is 2.39. The van der Waals surface area contributed by atoms with E-state index in [1.54, 1.807) is 13.1 Å². The Kier molecular flexibility index (Phi) is 7.94. The van der Waals surface area contributed by atoms with Crippen LogP contribution in [0.3, 0.4) is 0 Å². The fourth-order valence-electron chi connectivity index (χ4n) is 3.48. The molecule has 32 heavy (non-hydrogen) atoms. The number of methoxy groups -OCH3 is 1. The lowest BCUT2D eigenvalue weighted by Crippen LogP contribution is -2.48. The number of sulfonamides is 1. The number of benzene rings is 1. The summed E-state index contributed by atoms with van der Waals surface area (Å²) < 4.78 is 38.5. The van der Waals surface area contributed by atoms with Gasteiger partial charge >= 0.3 is 11.9 Å². The maximum Gasteiger partial charge on any atom is 0.327 e. The van der Waals surface area contributed by atoms with Gasteiger partial charge in [-0.1, -0.05) is 35.5 Å². The van der Waals surface area contributed by atoms with Gasteiger partial charge in [0.2, 0.25) is 10.0 Å². The van der Waals surface area contributed by atoms with Gasteiger partial charge in [0.15, 0.2) is 0 Å². The number of hydrogen-bond acceptors (Lipinski definition) is 9. The first-order valence-corrected chi connectivity index (χ1v) is 11.8. The van der Waals surface area contributed by atoms with Crippen molar-refractivity contribution in [1.82, 2.24) is 24.2 Å². The van der Waals surface area contributed by atoms with Crippen molar-refractivity contribution in [3.8, 4) is 0 Å². The molecule has 2 heterocycles. The Labute approximate surface area is 186 Å². The van der Waals surface area contributed by atoms with Gasteiger partial charge in [-0.2, -0.15) is 4.31 Å². The fraction of sp³-hybridized carbons (Fsp3) is 0.500. The minimum Gasteiger partial charge on any atom is -0.468 e. The van der Waals surface area contributed by atoms with Crippen LogP contribution in [0.15, 0.2) is 36.5 Å². The molecule has 1 unspecified atom stereocenters. The summed E-state index contributed by atoms with van der Waals surface area (Å²) in [6.45, 7) is 2.63. The van der Waals surface area contributed by atoms with Crippen molar-refractivity contribution in [1.29, 1.82) is 0 Å². The van der Waals surface area contributed by atoms with E-state index in [-0.39, 0.29) is 45.1 Å². The van der Waals surface area contributed by atoms with Crippen molar-refractivity contribution in [2.24, 2.45) is 0 Å². The molecule has 0 amide bonds.